The average Bonchev–Trinajstić information content (AvgIpc) is 3.21. The third kappa shape index (κ3) is 3.17. The van der Waals surface area contributed by atoms with Crippen LogP contribution in [0.2, 0.25) is 0 Å². The summed E-state index contributed by atoms with van der Waals surface area (Å²) in [6.45, 7) is 4.45. The summed E-state index contributed by atoms with van der Waals surface area (Å²) in [5.41, 5.74) is 1.53. The topological polar surface area (TPSA) is 89.1 Å². The number of hydrogen-bond acceptors (Lipinski definition) is 6. The van der Waals surface area contributed by atoms with Gasteiger partial charge in [0.2, 0.25) is 5.82 Å². The van der Waals surface area contributed by atoms with Crippen molar-refractivity contribution >= 4 is 17.3 Å². The second-order valence-corrected chi connectivity index (χ2v) is 5.95. The number of anilines is 2. The minimum atomic E-state index is -0.372. The molecule has 1 aliphatic heterocycles. The zero-order valence-corrected chi connectivity index (χ0v) is 14.0. The highest BCUT2D eigenvalue weighted by Gasteiger charge is 2.25. The summed E-state index contributed by atoms with van der Waals surface area (Å²) in [4.78, 5) is 17.7. The summed E-state index contributed by atoms with van der Waals surface area (Å²) in [7, 11) is 1.71. The second kappa shape index (κ2) is 6.86. The van der Waals surface area contributed by atoms with E-state index in [0.717, 1.165) is 24.5 Å². The average molecular weight is 330 g/mol. The van der Waals surface area contributed by atoms with Crippen LogP contribution in [0, 0.1) is 10.1 Å². The van der Waals surface area contributed by atoms with Crippen molar-refractivity contribution < 1.29 is 4.92 Å². The van der Waals surface area contributed by atoms with Crippen LogP contribution >= 0.6 is 0 Å². The van der Waals surface area contributed by atoms with Gasteiger partial charge in [-0.3, -0.25) is 10.1 Å². The van der Waals surface area contributed by atoms with Gasteiger partial charge in [0, 0.05) is 32.9 Å². The molecule has 0 radical (unpaired) electrons. The molecule has 2 aromatic rings. The Kier molecular flexibility index (Phi) is 4.64. The molecule has 0 aromatic carbocycles. The Hall–Kier alpha value is -2.64. The molecule has 1 saturated heterocycles. The summed E-state index contributed by atoms with van der Waals surface area (Å²) < 4.78 is 1.53. The Balaban J connectivity index is 1.71. The molecule has 1 aliphatic rings. The Morgan fingerprint density at radius 1 is 1.33 bits per heavy atom. The summed E-state index contributed by atoms with van der Waals surface area (Å²) in [6, 6.07) is 4.02. The van der Waals surface area contributed by atoms with Crippen LogP contribution in [-0.4, -0.2) is 32.8 Å². The summed E-state index contributed by atoms with van der Waals surface area (Å²) >= 11 is 0. The van der Waals surface area contributed by atoms with Gasteiger partial charge in [-0.2, -0.15) is 5.10 Å². The van der Waals surface area contributed by atoms with E-state index in [1.54, 1.807) is 7.05 Å². The highest BCUT2D eigenvalue weighted by Crippen LogP contribution is 2.28. The molecule has 8 heteroatoms. The first-order valence-corrected chi connectivity index (χ1v) is 8.24. The number of rotatable bonds is 6. The fraction of sp³-hybridized carbons (Fsp3) is 0.500. The smallest absolute Gasteiger partial charge is 0.333 e. The van der Waals surface area contributed by atoms with Crippen LogP contribution in [-0.2, 0) is 20.0 Å². The highest BCUT2D eigenvalue weighted by atomic mass is 16.6. The van der Waals surface area contributed by atoms with Crippen molar-refractivity contribution in [3.8, 4) is 0 Å². The van der Waals surface area contributed by atoms with E-state index in [1.165, 1.54) is 17.5 Å². The van der Waals surface area contributed by atoms with E-state index in [-0.39, 0.29) is 10.6 Å². The lowest BCUT2D eigenvalue weighted by molar-refractivity contribution is -0.384. The van der Waals surface area contributed by atoms with Crippen molar-refractivity contribution in [3.63, 3.8) is 0 Å². The van der Waals surface area contributed by atoms with E-state index in [0.29, 0.717) is 24.5 Å². The van der Waals surface area contributed by atoms with Crippen LogP contribution in [0.5, 0.6) is 0 Å². The maximum Gasteiger partial charge on any atom is 0.333 e. The summed E-state index contributed by atoms with van der Waals surface area (Å²) in [5, 5.41) is 18.7. The molecule has 128 valence electrons. The van der Waals surface area contributed by atoms with E-state index >= 15 is 0 Å². The highest BCUT2D eigenvalue weighted by molar-refractivity contribution is 5.60. The zero-order chi connectivity index (χ0) is 17.1. The van der Waals surface area contributed by atoms with E-state index < -0.39 is 0 Å². The molecular formula is C16H22N6O2. The molecule has 0 amide bonds. The normalized spacial score (nSPS) is 14.2. The van der Waals surface area contributed by atoms with Gasteiger partial charge < -0.3 is 10.2 Å². The molecule has 3 heterocycles. The van der Waals surface area contributed by atoms with Crippen molar-refractivity contribution in [2.45, 2.75) is 32.7 Å². The molecule has 0 aliphatic carbocycles. The Bertz CT molecular complexity index is 719. The summed E-state index contributed by atoms with van der Waals surface area (Å²) in [6.07, 6.45) is 4.78. The molecule has 1 N–H and O–H groups in total. The molecule has 0 unspecified atom stereocenters. The van der Waals surface area contributed by atoms with Gasteiger partial charge in [0.25, 0.3) is 0 Å². The lowest BCUT2D eigenvalue weighted by Gasteiger charge is -2.16. The Labute approximate surface area is 140 Å². The van der Waals surface area contributed by atoms with Crippen molar-refractivity contribution in [3.05, 3.63) is 39.7 Å². The molecule has 0 bridgehead atoms. The van der Waals surface area contributed by atoms with Crippen molar-refractivity contribution in [2.24, 2.45) is 7.05 Å². The van der Waals surface area contributed by atoms with E-state index in [1.807, 2.05) is 25.3 Å². The SMILES string of the molecule is CCc1nn(C)c(NCc2ccc(N3CCCC3)nc2)c1[N+](=O)[O-]. The quantitative estimate of drug-likeness (QED) is 0.646. The van der Waals surface area contributed by atoms with Gasteiger partial charge in [0.1, 0.15) is 11.5 Å². The van der Waals surface area contributed by atoms with Gasteiger partial charge in [0.05, 0.1) is 4.92 Å². The molecule has 2 aromatic heterocycles. The summed E-state index contributed by atoms with van der Waals surface area (Å²) in [5.74, 6) is 1.43. The zero-order valence-electron chi connectivity index (χ0n) is 14.0. The first-order valence-electron chi connectivity index (χ1n) is 8.24. The molecule has 0 atom stereocenters. The standard InChI is InChI=1S/C16H22N6O2/c1-3-13-15(22(23)24)16(20(2)19-13)18-11-12-6-7-14(17-10-12)21-8-4-5-9-21/h6-7,10,18H,3-5,8-9,11H2,1-2H3. The van der Waals surface area contributed by atoms with Crippen molar-refractivity contribution in [1.29, 1.82) is 0 Å². The maximum absolute atomic E-state index is 11.3. The Morgan fingerprint density at radius 2 is 2.08 bits per heavy atom. The van der Waals surface area contributed by atoms with Gasteiger partial charge >= 0.3 is 5.69 Å². The van der Waals surface area contributed by atoms with Crippen LogP contribution in [0.3, 0.4) is 0 Å². The van der Waals surface area contributed by atoms with Gasteiger partial charge in [-0.05, 0) is 30.9 Å². The first-order chi connectivity index (χ1) is 11.6. The van der Waals surface area contributed by atoms with Gasteiger partial charge in [-0.25, -0.2) is 9.67 Å². The predicted octanol–water partition coefficient (Wildman–Crippen LogP) is 2.50. The molecule has 0 spiro atoms. The van der Waals surface area contributed by atoms with Crippen LogP contribution in [0.15, 0.2) is 18.3 Å². The molecule has 24 heavy (non-hydrogen) atoms. The number of nitrogens with zero attached hydrogens (tertiary/aromatic N) is 5. The van der Waals surface area contributed by atoms with Crippen LogP contribution in [0.4, 0.5) is 17.3 Å². The van der Waals surface area contributed by atoms with Gasteiger partial charge in [-0.1, -0.05) is 13.0 Å². The molecule has 0 saturated carbocycles. The molecule has 3 rings (SSSR count). The fourth-order valence-electron chi connectivity index (χ4n) is 3.04. The lowest BCUT2D eigenvalue weighted by atomic mass is 10.2. The monoisotopic (exact) mass is 330 g/mol. The second-order valence-electron chi connectivity index (χ2n) is 5.95. The number of hydrogen-bond donors (Lipinski definition) is 1. The number of aryl methyl sites for hydroxylation is 2. The third-order valence-electron chi connectivity index (χ3n) is 4.31. The van der Waals surface area contributed by atoms with Crippen LogP contribution in [0.1, 0.15) is 31.0 Å². The maximum atomic E-state index is 11.3. The van der Waals surface area contributed by atoms with E-state index in [9.17, 15) is 10.1 Å². The van der Waals surface area contributed by atoms with Gasteiger partial charge in [0.15, 0.2) is 0 Å². The largest absolute Gasteiger partial charge is 0.360 e. The Morgan fingerprint density at radius 3 is 2.67 bits per heavy atom. The van der Waals surface area contributed by atoms with Crippen LogP contribution < -0.4 is 10.2 Å². The fourth-order valence-corrected chi connectivity index (χ4v) is 3.04. The predicted molar refractivity (Wildman–Crippen MR) is 92.3 cm³/mol. The number of nitro groups is 1. The molecule has 1 fully saturated rings. The number of pyridine rings is 1. The minimum Gasteiger partial charge on any atom is -0.360 e. The minimum absolute atomic E-state index is 0.0571. The molecular weight excluding hydrogens is 308 g/mol. The van der Waals surface area contributed by atoms with E-state index in [2.05, 4.69) is 20.3 Å². The van der Waals surface area contributed by atoms with Gasteiger partial charge in [-0.15, -0.1) is 0 Å². The third-order valence-corrected chi connectivity index (χ3v) is 4.31. The number of nitrogens with one attached hydrogen (secondary N) is 1. The van der Waals surface area contributed by atoms with Crippen LogP contribution in [0.25, 0.3) is 0 Å². The molecule has 8 nitrogen and oxygen atoms in total. The lowest BCUT2D eigenvalue weighted by Crippen LogP contribution is -2.18. The van der Waals surface area contributed by atoms with E-state index in [4.69, 9.17) is 0 Å². The van der Waals surface area contributed by atoms with Crippen molar-refractivity contribution in [2.75, 3.05) is 23.3 Å². The first kappa shape index (κ1) is 16.2. The van der Waals surface area contributed by atoms with Crippen molar-refractivity contribution in [1.82, 2.24) is 14.8 Å². The number of aromatic nitrogens is 3.